The number of hydrogen-bond acceptors (Lipinski definition) is 3. The summed E-state index contributed by atoms with van der Waals surface area (Å²) in [6.45, 7) is 1.08. The zero-order valence-electron chi connectivity index (χ0n) is 10.9. The molecule has 0 aliphatic heterocycles. The van der Waals surface area contributed by atoms with Gasteiger partial charge >= 0.3 is 0 Å². The summed E-state index contributed by atoms with van der Waals surface area (Å²) in [5.41, 5.74) is 14.5. The minimum Gasteiger partial charge on any atom is -0.380 e. The average molecular weight is 334 g/mol. The highest BCUT2D eigenvalue weighted by molar-refractivity contribution is 9.10. The Bertz CT molecular complexity index is 628. The van der Waals surface area contributed by atoms with Gasteiger partial charge in [0.05, 0.1) is 5.56 Å². The third-order valence-electron chi connectivity index (χ3n) is 3.05. The van der Waals surface area contributed by atoms with Crippen LogP contribution < -0.4 is 16.8 Å². The Hall–Kier alpha value is -1.85. The van der Waals surface area contributed by atoms with E-state index < -0.39 is 5.91 Å². The zero-order valence-corrected chi connectivity index (χ0v) is 12.5. The summed E-state index contributed by atoms with van der Waals surface area (Å²) in [7, 11) is 0. The molecule has 0 saturated carbocycles. The van der Waals surface area contributed by atoms with Crippen molar-refractivity contribution in [2.75, 3.05) is 5.32 Å². The molecule has 2 aromatic rings. The number of rotatable bonds is 5. The second kappa shape index (κ2) is 6.54. The van der Waals surface area contributed by atoms with Crippen LogP contribution in [-0.4, -0.2) is 5.91 Å². The normalized spacial score (nSPS) is 10.3. The zero-order chi connectivity index (χ0) is 14.5. The Morgan fingerprint density at radius 3 is 2.50 bits per heavy atom. The fourth-order valence-electron chi connectivity index (χ4n) is 1.99. The summed E-state index contributed by atoms with van der Waals surface area (Å²) in [4.78, 5) is 11.4. The number of primary amides is 1. The summed E-state index contributed by atoms with van der Waals surface area (Å²) in [5.74, 6) is -0.457. The Labute approximate surface area is 126 Å². The van der Waals surface area contributed by atoms with E-state index in [1.807, 2.05) is 36.4 Å². The second-order valence-electron chi connectivity index (χ2n) is 4.38. The summed E-state index contributed by atoms with van der Waals surface area (Å²) in [6.07, 6.45) is 0. The number of halogens is 1. The van der Waals surface area contributed by atoms with Gasteiger partial charge in [-0.05, 0) is 29.3 Å². The Morgan fingerprint density at radius 2 is 1.85 bits per heavy atom. The SMILES string of the molecule is NCc1ccccc1CNc1ccc(Br)cc1C(N)=O. The first-order chi connectivity index (χ1) is 9.61. The van der Waals surface area contributed by atoms with E-state index in [2.05, 4.69) is 21.2 Å². The van der Waals surface area contributed by atoms with Crippen LogP contribution in [0.25, 0.3) is 0 Å². The van der Waals surface area contributed by atoms with Crippen molar-refractivity contribution in [2.24, 2.45) is 11.5 Å². The molecule has 0 aliphatic carbocycles. The lowest BCUT2D eigenvalue weighted by Crippen LogP contribution is -2.15. The topological polar surface area (TPSA) is 81.1 Å². The first kappa shape index (κ1) is 14.6. The maximum atomic E-state index is 11.4. The molecule has 1 amide bonds. The third kappa shape index (κ3) is 3.37. The van der Waals surface area contributed by atoms with Crippen LogP contribution in [0.3, 0.4) is 0 Å². The standard InChI is InChI=1S/C15H16BrN3O/c16-12-5-6-14(13(7-12)15(18)20)19-9-11-4-2-1-3-10(11)8-17/h1-7,19H,8-9,17H2,(H2,18,20). The summed E-state index contributed by atoms with van der Waals surface area (Å²) >= 11 is 3.33. The molecule has 5 heteroatoms. The van der Waals surface area contributed by atoms with Gasteiger partial charge in [-0.25, -0.2) is 0 Å². The highest BCUT2D eigenvalue weighted by atomic mass is 79.9. The number of amides is 1. The van der Waals surface area contributed by atoms with E-state index in [1.165, 1.54) is 0 Å². The van der Waals surface area contributed by atoms with Crippen molar-refractivity contribution in [1.29, 1.82) is 0 Å². The van der Waals surface area contributed by atoms with Crippen LogP contribution in [0, 0.1) is 0 Å². The molecule has 20 heavy (non-hydrogen) atoms. The van der Waals surface area contributed by atoms with Crippen molar-refractivity contribution in [2.45, 2.75) is 13.1 Å². The van der Waals surface area contributed by atoms with Gasteiger partial charge in [0.15, 0.2) is 0 Å². The molecular weight excluding hydrogens is 318 g/mol. The number of nitrogens with one attached hydrogen (secondary N) is 1. The predicted molar refractivity (Wildman–Crippen MR) is 84.3 cm³/mol. The van der Waals surface area contributed by atoms with Crippen LogP contribution >= 0.6 is 15.9 Å². The van der Waals surface area contributed by atoms with Crippen molar-refractivity contribution < 1.29 is 4.79 Å². The molecule has 104 valence electrons. The Morgan fingerprint density at radius 1 is 1.15 bits per heavy atom. The van der Waals surface area contributed by atoms with Crippen LogP contribution in [-0.2, 0) is 13.1 Å². The lowest BCUT2D eigenvalue weighted by atomic mass is 10.1. The van der Waals surface area contributed by atoms with E-state index in [0.717, 1.165) is 15.6 Å². The fraction of sp³-hybridized carbons (Fsp3) is 0.133. The molecule has 0 atom stereocenters. The second-order valence-corrected chi connectivity index (χ2v) is 5.30. The Kier molecular flexibility index (Phi) is 4.76. The lowest BCUT2D eigenvalue weighted by molar-refractivity contribution is 0.100. The number of anilines is 1. The molecule has 0 aromatic heterocycles. The maximum Gasteiger partial charge on any atom is 0.250 e. The quantitative estimate of drug-likeness (QED) is 0.786. The van der Waals surface area contributed by atoms with E-state index in [9.17, 15) is 4.79 Å². The number of nitrogens with two attached hydrogens (primary N) is 2. The van der Waals surface area contributed by atoms with Gasteiger partial charge in [-0.2, -0.15) is 0 Å². The average Bonchev–Trinajstić information content (AvgIpc) is 2.46. The number of benzene rings is 2. The first-order valence-electron chi connectivity index (χ1n) is 6.22. The lowest BCUT2D eigenvalue weighted by Gasteiger charge is -2.13. The summed E-state index contributed by atoms with van der Waals surface area (Å²) in [6, 6.07) is 13.3. The molecular formula is C15H16BrN3O. The molecule has 0 unspecified atom stereocenters. The summed E-state index contributed by atoms with van der Waals surface area (Å²) < 4.78 is 0.819. The molecule has 0 heterocycles. The van der Waals surface area contributed by atoms with Crippen molar-refractivity contribution >= 4 is 27.5 Å². The van der Waals surface area contributed by atoms with Crippen molar-refractivity contribution in [3.05, 3.63) is 63.6 Å². The molecule has 0 fully saturated rings. The molecule has 0 radical (unpaired) electrons. The summed E-state index contributed by atoms with van der Waals surface area (Å²) in [5, 5.41) is 3.24. The minimum atomic E-state index is -0.457. The van der Waals surface area contributed by atoms with Gasteiger partial charge in [0, 0.05) is 23.2 Å². The monoisotopic (exact) mass is 333 g/mol. The van der Waals surface area contributed by atoms with E-state index in [4.69, 9.17) is 11.5 Å². The van der Waals surface area contributed by atoms with Crippen molar-refractivity contribution in [3.8, 4) is 0 Å². The van der Waals surface area contributed by atoms with Gasteiger partial charge in [-0.15, -0.1) is 0 Å². The number of carbonyl (C=O) groups is 1. The largest absolute Gasteiger partial charge is 0.380 e. The van der Waals surface area contributed by atoms with E-state index in [0.29, 0.717) is 24.3 Å². The molecule has 4 nitrogen and oxygen atoms in total. The van der Waals surface area contributed by atoms with Crippen molar-refractivity contribution in [1.82, 2.24) is 0 Å². The van der Waals surface area contributed by atoms with Crippen molar-refractivity contribution in [3.63, 3.8) is 0 Å². The highest BCUT2D eigenvalue weighted by Crippen LogP contribution is 2.21. The molecule has 2 rings (SSSR count). The van der Waals surface area contributed by atoms with Crippen LogP contribution in [0.15, 0.2) is 46.9 Å². The van der Waals surface area contributed by atoms with Crippen LogP contribution in [0.4, 0.5) is 5.69 Å². The smallest absolute Gasteiger partial charge is 0.250 e. The Balaban J connectivity index is 2.21. The van der Waals surface area contributed by atoms with Crippen LogP contribution in [0.5, 0.6) is 0 Å². The minimum absolute atomic E-state index is 0.457. The molecule has 0 aliphatic rings. The van der Waals surface area contributed by atoms with Gasteiger partial charge < -0.3 is 16.8 Å². The maximum absolute atomic E-state index is 11.4. The van der Waals surface area contributed by atoms with Gasteiger partial charge in [0.1, 0.15) is 0 Å². The molecule has 0 spiro atoms. The number of carbonyl (C=O) groups excluding carboxylic acids is 1. The van der Waals surface area contributed by atoms with E-state index >= 15 is 0 Å². The third-order valence-corrected chi connectivity index (χ3v) is 3.55. The number of hydrogen-bond donors (Lipinski definition) is 3. The predicted octanol–water partition coefficient (Wildman–Crippen LogP) is 2.62. The van der Waals surface area contributed by atoms with Crippen LogP contribution in [0.1, 0.15) is 21.5 Å². The van der Waals surface area contributed by atoms with Crippen LogP contribution in [0.2, 0.25) is 0 Å². The first-order valence-corrected chi connectivity index (χ1v) is 7.01. The molecule has 0 saturated heterocycles. The molecule has 0 bridgehead atoms. The van der Waals surface area contributed by atoms with Gasteiger partial charge in [0.2, 0.25) is 0 Å². The molecule has 2 aromatic carbocycles. The van der Waals surface area contributed by atoms with Gasteiger partial charge in [-0.1, -0.05) is 40.2 Å². The van der Waals surface area contributed by atoms with Gasteiger partial charge in [0.25, 0.3) is 5.91 Å². The highest BCUT2D eigenvalue weighted by Gasteiger charge is 2.09. The van der Waals surface area contributed by atoms with E-state index in [-0.39, 0.29) is 0 Å². The van der Waals surface area contributed by atoms with Gasteiger partial charge in [-0.3, -0.25) is 4.79 Å². The van der Waals surface area contributed by atoms with E-state index in [1.54, 1.807) is 6.07 Å². The fourth-order valence-corrected chi connectivity index (χ4v) is 2.36. The molecule has 5 N–H and O–H groups in total.